The monoisotopic (exact) mass is 252 g/mol. The van der Waals surface area contributed by atoms with Crippen LogP contribution in [0.4, 0.5) is 11.4 Å². The third-order valence-electron chi connectivity index (χ3n) is 2.49. The average Bonchev–Trinajstić information content (AvgIpc) is 2.35. The van der Waals surface area contributed by atoms with Crippen LogP contribution in [0.15, 0.2) is 18.2 Å². The third kappa shape index (κ3) is 5.27. The Balaban J connectivity index is 2.26. The summed E-state index contributed by atoms with van der Waals surface area (Å²) in [6.07, 6.45) is 0.962. The van der Waals surface area contributed by atoms with Crippen molar-refractivity contribution in [2.24, 2.45) is 5.92 Å². The Morgan fingerprint density at radius 3 is 2.78 bits per heavy atom. The lowest BCUT2D eigenvalue weighted by atomic mass is 10.2. The zero-order chi connectivity index (χ0) is 13.4. The van der Waals surface area contributed by atoms with E-state index in [0.29, 0.717) is 5.92 Å². The summed E-state index contributed by atoms with van der Waals surface area (Å²) in [7, 11) is 1.65. The van der Waals surface area contributed by atoms with Crippen LogP contribution in [-0.4, -0.2) is 26.9 Å². The molecule has 0 aliphatic heterocycles. The Morgan fingerprint density at radius 1 is 1.33 bits per heavy atom. The van der Waals surface area contributed by atoms with Gasteiger partial charge in [0.05, 0.1) is 18.5 Å². The highest BCUT2D eigenvalue weighted by Crippen LogP contribution is 2.24. The van der Waals surface area contributed by atoms with Gasteiger partial charge in [-0.15, -0.1) is 0 Å². The molecule has 0 amide bonds. The summed E-state index contributed by atoms with van der Waals surface area (Å²) in [5.74, 6) is 1.40. The van der Waals surface area contributed by atoms with E-state index in [1.807, 2.05) is 18.2 Å². The topological polar surface area (TPSA) is 56.5 Å². The van der Waals surface area contributed by atoms with Crippen molar-refractivity contribution in [3.8, 4) is 5.75 Å². The van der Waals surface area contributed by atoms with Crippen LogP contribution in [0, 0.1) is 5.92 Å². The van der Waals surface area contributed by atoms with Crippen molar-refractivity contribution >= 4 is 11.4 Å². The molecule has 0 fully saturated rings. The van der Waals surface area contributed by atoms with Gasteiger partial charge in [-0.3, -0.25) is 0 Å². The van der Waals surface area contributed by atoms with Crippen molar-refractivity contribution in [3.63, 3.8) is 0 Å². The first-order chi connectivity index (χ1) is 8.63. The largest absolute Gasteiger partial charge is 0.497 e. The predicted octanol–water partition coefficient (Wildman–Crippen LogP) is 2.75. The second-order valence-electron chi connectivity index (χ2n) is 4.70. The van der Waals surface area contributed by atoms with Crippen LogP contribution >= 0.6 is 0 Å². The lowest BCUT2D eigenvalue weighted by Gasteiger charge is -2.11. The minimum atomic E-state index is 0.590. The standard InChI is InChI=1S/C14H24N2O2/c1-11(2)10-18-8-4-7-16-14-9-12(17-3)5-6-13(14)15/h5-6,9,11,16H,4,7-8,10,15H2,1-3H3. The molecule has 1 aromatic rings. The van der Waals surface area contributed by atoms with E-state index < -0.39 is 0 Å². The normalized spacial score (nSPS) is 10.7. The average molecular weight is 252 g/mol. The highest BCUT2D eigenvalue weighted by Gasteiger charge is 2.00. The van der Waals surface area contributed by atoms with Crippen LogP contribution in [0.1, 0.15) is 20.3 Å². The smallest absolute Gasteiger partial charge is 0.121 e. The van der Waals surface area contributed by atoms with Crippen molar-refractivity contribution in [1.29, 1.82) is 0 Å². The number of ether oxygens (including phenoxy) is 2. The minimum Gasteiger partial charge on any atom is -0.497 e. The molecule has 3 N–H and O–H groups in total. The van der Waals surface area contributed by atoms with Crippen molar-refractivity contribution in [3.05, 3.63) is 18.2 Å². The molecule has 1 rings (SSSR count). The summed E-state index contributed by atoms with van der Waals surface area (Å²) < 4.78 is 10.7. The second-order valence-corrected chi connectivity index (χ2v) is 4.70. The second kappa shape index (κ2) is 7.82. The van der Waals surface area contributed by atoms with Gasteiger partial charge in [-0.1, -0.05) is 13.8 Å². The molecule has 0 unspecified atom stereocenters. The quantitative estimate of drug-likeness (QED) is 0.552. The SMILES string of the molecule is COc1ccc(N)c(NCCCOCC(C)C)c1. The van der Waals surface area contributed by atoms with Gasteiger partial charge < -0.3 is 20.5 Å². The summed E-state index contributed by atoms with van der Waals surface area (Å²) >= 11 is 0. The molecule has 0 saturated carbocycles. The summed E-state index contributed by atoms with van der Waals surface area (Å²) in [5, 5.41) is 3.29. The van der Waals surface area contributed by atoms with E-state index in [9.17, 15) is 0 Å². The van der Waals surface area contributed by atoms with Gasteiger partial charge in [0.15, 0.2) is 0 Å². The molecular weight excluding hydrogens is 228 g/mol. The molecule has 4 heteroatoms. The molecule has 0 atom stereocenters. The van der Waals surface area contributed by atoms with Crippen molar-refractivity contribution in [1.82, 2.24) is 0 Å². The van der Waals surface area contributed by atoms with Crippen molar-refractivity contribution in [2.45, 2.75) is 20.3 Å². The number of methoxy groups -OCH3 is 1. The van der Waals surface area contributed by atoms with Crippen molar-refractivity contribution < 1.29 is 9.47 Å². The first kappa shape index (κ1) is 14.6. The molecule has 0 bridgehead atoms. The minimum absolute atomic E-state index is 0.590. The molecule has 18 heavy (non-hydrogen) atoms. The molecule has 0 saturated heterocycles. The van der Waals surface area contributed by atoms with E-state index in [1.54, 1.807) is 7.11 Å². The third-order valence-corrected chi connectivity index (χ3v) is 2.49. The molecule has 0 heterocycles. The Kier molecular flexibility index (Phi) is 6.36. The molecular formula is C14H24N2O2. The highest BCUT2D eigenvalue weighted by atomic mass is 16.5. The van der Waals surface area contributed by atoms with Crippen LogP contribution in [0.2, 0.25) is 0 Å². The van der Waals surface area contributed by atoms with Crippen LogP contribution in [0.25, 0.3) is 0 Å². The fraction of sp³-hybridized carbons (Fsp3) is 0.571. The maximum atomic E-state index is 5.88. The summed E-state index contributed by atoms with van der Waals surface area (Å²) in [5.41, 5.74) is 7.53. The molecule has 0 aliphatic rings. The Hall–Kier alpha value is -1.42. The van der Waals surface area contributed by atoms with Crippen molar-refractivity contribution in [2.75, 3.05) is 37.9 Å². The summed E-state index contributed by atoms with van der Waals surface area (Å²) in [6.45, 7) is 6.73. The van der Waals surface area contributed by atoms with Crippen LogP contribution in [0.5, 0.6) is 5.75 Å². The van der Waals surface area contributed by atoms with E-state index >= 15 is 0 Å². The van der Waals surface area contributed by atoms with Gasteiger partial charge in [0.2, 0.25) is 0 Å². The first-order valence-corrected chi connectivity index (χ1v) is 6.38. The Morgan fingerprint density at radius 2 is 2.11 bits per heavy atom. The first-order valence-electron chi connectivity index (χ1n) is 6.38. The van der Waals surface area contributed by atoms with Gasteiger partial charge in [0.25, 0.3) is 0 Å². The van der Waals surface area contributed by atoms with E-state index in [2.05, 4.69) is 19.2 Å². The Labute approximate surface area is 109 Å². The number of rotatable bonds is 8. The van der Waals surface area contributed by atoms with Gasteiger partial charge in [-0.05, 0) is 24.5 Å². The maximum Gasteiger partial charge on any atom is 0.121 e. The molecule has 1 aromatic carbocycles. The van der Waals surface area contributed by atoms with E-state index in [0.717, 1.165) is 43.3 Å². The maximum absolute atomic E-state index is 5.88. The molecule has 102 valence electrons. The van der Waals surface area contributed by atoms with E-state index in [1.165, 1.54) is 0 Å². The number of nitrogen functional groups attached to an aromatic ring is 1. The van der Waals surface area contributed by atoms with Gasteiger partial charge in [0, 0.05) is 25.8 Å². The number of hydrogen-bond acceptors (Lipinski definition) is 4. The van der Waals surface area contributed by atoms with E-state index in [4.69, 9.17) is 15.2 Å². The predicted molar refractivity (Wildman–Crippen MR) is 76.2 cm³/mol. The van der Waals surface area contributed by atoms with Gasteiger partial charge in [0.1, 0.15) is 5.75 Å². The number of benzene rings is 1. The summed E-state index contributed by atoms with van der Waals surface area (Å²) in [6, 6.07) is 5.60. The zero-order valence-corrected chi connectivity index (χ0v) is 11.5. The molecule has 0 radical (unpaired) electrons. The number of nitrogens with one attached hydrogen (secondary N) is 1. The van der Waals surface area contributed by atoms with Crippen LogP contribution in [0.3, 0.4) is 0 Å². The summed E-state index contributed by atoms with van der Waals surface area (Å²) in [4.78, 5) is 0. The van der Waals surface area contributed by atoms with Gasteiger partial charge in [-0.2, -0.15) is 0 Å². The number of hydrogen-bond donors (Lipinski definition) is 2. The lowest BCUT2D eigenvalue weighted by molar-refractivity contribution is 0.110. The zero-order valence-electron chi connectivity index (χ0n) is 11.5. The Bertz CT molecular complexity index is 354. The molecule has 0 spiro atoms. The molecule has 0 aromatic heterocycles. The fourth-order valence-corrected chi connectivity index (χ4v) is 1.53. The molecule has 0 aliphatic carbocycles. The lowest BCUT2D eigenvalue weighted by Crippen LogP contribution is -2.09. The van der Waals surface area contributed by atoms with Gasteiger partial charge >= 0.3 is 0 Å². The van der Waals surface area contributed by atoms with Gasteiger partial charge in [-0.25, -0.2) is 0 Å². The highest BCUT2D eigenvalue weighted by molar-refractivity contribution is 5.68. The fourth-order valence-electron chi connectivity index (χ4n) is 1.53. The number of nitrogens with two attached hydrogens (primary N) is 1. The number of anilines is 2. The van der Waals surface area contributed by atoms with Crippen LogP contribution < -0.4 is 15.8 Å². The molecule has 4 nitrogen and oxygen atoms in total. The van der Waals surface area contributed by atoms with Crippen LogP contribution in [-0.2, 0) is 4.74 Å². The van der Waals surface area contributed by atoms with E-state index in [-0.39, 0.29) is 0 Å².